The van der Waals surface area contributed by atoms with Gasteiger partial charge in [-0.2, -0.15) is 0 Å². The number of amides is 2. The smallest absolute Gasteiger partial charge is 0.308 e. The van der Waals surface area contributed by atoms with Crippen LogP contribution in [0.15, 0.2) is 72.8 Å². The quantitative estimate of drug-likeness (QED) is 0.522. The number of carbonyl (C=O) groups is 3. The van der Waals surface area contributed by atoms with E-state index in [1.54, 1.807) is 12.1 Å². The van der Waals surface area contributed by atoms with E-state index in [2.05, 4.69) is 10.6 Å². The summed E-state index contributed by atoms with van der Waals surface area (Å²) in [5.74, 6) is -3.81. The molecule has 0 aromatic heterocycles. The predicted octanol–water partition coefficient (Wildman–Crippen LogP) is 3.93. The van der Waals surface area contributed by atoms with Crippen LogP contribution in [0.1, 0.15) is 16.8 Å². The average Bonchev–Trinajstić information content (AvgIpc) is 2.78. The predicted molar refractivity (Wildman–Crippen MR) is 115 cm³/mol. The molecule has 2 amide bonds. The topological polar surface area (TPSA) is 84.5 Å². The molecule has 0 fully saturated rings. The summed E-state index contributed by atoms with van der Waals surface area (Å²) in [7, 11) is 0. The van der Waals surface area contributed by atoms with Crippen LogP contribution in [-0.4, -0.2) is 30.9 Å². The minimum absolute atomic E-state index is 0.132. The van der Waals surface area contributed by atoms with Crippen molar-refractivity contribution in [2.45, 2.75) is 6.42 Å². The maximum absolute atomic E-state index is 13.6. The first-order chi connectivity index (χ1) is 15.4. The molecule has 0 atom stereocenters. The van der Waals surface area contributed by atoms with E-state index >= 15 is 0 Å². The summed E-state index contributed by atoms with van der Waals surface area (Å²) in [6.07, 6.45) is -0.220. The van der Waals surface area contributed by atoms with Crippen molar-refractivity contribution in [1.29, 1.82) is 0 Å². The third-order valence-electron chi connectivity index (χ3n) is 4.44. The molecule has 164 valence electrons. The van der Waals surface area contributed by atoms with Crippen molar-refractivity contribution >= 4 is 23.5 Å². The Hall–Kier alpha value is -4.07. The van der Waals surface area contributed by atoms with Crippen LogP contribution in [-0.2, 0) is 14.3 Å². The van der Waals surface area contributed by atoms with Crippen LogP contribution in [0.4, 0.5) is 14.5 Å². The number of para-hydroxylation sites is 1. The van der Waals surface area contributed by atoms with Crippen LogP contribution in [0.25, 0.3) is 11.1 Å². The molecule has 6 nitrogen and oxygen atoms in total. The third-order valence-corrected chi connectivity index (χ3v) is 4.44. The number of ether oxygens (including phenoxy) is 1. The number of carbonyl (C=O) groups excluding carboxylic acids is 3. The number of hydrogen-bond donors (Lipinski definition) is 2. The summed E-state index contributed by atoms with van der Waals surface area (Å²) in [6.45, 7) is -0.630. The Morgan fingerprint density at radius 2 is 1.59 bits per heavy atom. The molecule has 0 unspecified atom stereocenters. The van der Waals surface area contributed by atoms with E-state index in [0.717, 1.165) is 23.3 Å². The summed E-state index contributed by atoms with van der Waals surface area (Å²) in [4.78, 5) is 35.9. The Labute approximate surface area is 183 Å². The summed E-state index contributed by atoms with van der Waals surface area (Å²) in [6, 6.07) is 19.3. The number of halogens is 2. The molecule has 3 rings (SSSR count). The van der Waals surface area contributed by atoms with Crippen molar-refractivity contribution in [3.8, 4) is 11.1 Å². The number of anilines is 1. The highest BCUT2D eigenvalue weighted by Crippen LogP contribution is 2.27. The molecule has 0 aliphatic carbocycles. The lowest BCUT2D eigenvalue weighted by molar-refractivity contribution is -0.147. The molecule has 0 aliphatic rings. The molecule has 0 saturated heterocycles. The van der Waals surface area contributed by atoms with Crippen molar-refractivity contribution < 1.29 is 27.9 Å². The maximum atomic E-state index is 13.6. The second-order valence-corrected chi connectivity index (χ2v) is 6.75. The second kappa shape index (κ2) is 10.8. The zero-order chi connectivity index (χ0) is 22.9. The van der Waals surface area contributed by atoms with Gasteiger partial charge in [-0.15, -0.1) is 0 Å². The SMILES string of the molecule is O=C(COC(=O)CCNC(=O)c1ccc(F)cc1F)Nc1ccccc1-c1ccccc1. The van der Waals surface area contributed by atoms with Crippen molar-refractivity contribution in [2.75, 3.05) is 18.5 Å². The van der Waals surface area contributed by atoms with Gasteiger partial charge in [-0.1, -0.05) is 48.5 Å². The van der Waals surface area contributed by atoms with Gasteiger partial charge in [0.15, 0.2) is 6.61 Å². The lowest BCUT2D eigenvalue weighted by Crippen LogP contribution is -2.28. The molecular formula is C24H20F2N2O4. The molecule has 3 aromatic rings. The second-order valence-electron chi connectivity index (χ2n) is 6.75. The van der Waals surface area contributed by atoms with Gasteiger partial charge in [0.2, 0.25) is 0 Å². The van der Waals surface area contributed by atoms with Gasteiger partial charge in [0, 0.05) is 23.9 Å². The van der Waals surface area contributed by atoms with E-state index in [1.807, 2.05) is 42.5 Å². The minimum Gasteiger partial charge on any atom is -0.456 e. The lowest BCUT2D eigenvalue weighted by Gasteiger charge is -2.11. The van der Waals surface area contributed by atoms with E-state index in [0.29, 0.717) is 11.8 Å². The number of rotatable bonds is 8. The molecule has 0 radical (unpaired) electrons. The van der Waals surface area contributed by atoms with Crippen LogP contribution in [0.2, 0.25) is 0 Å². The highest BCUT2D eigenvalue weighted by molar-refractivity contribution is 5.97. The molecule has 32 heavy (non-hydrogen) atoms. The Balaban J connectivity index is 1.45. The normalized spacial score (nSPS) is 10.3. The highest BCUT2D eigenvalue weighted by Gasteiger charge is 2.14. The number of nitrogens with one attached hydrogen (secondary N) is 2. The summed E-state index contributed by atoms with van der Waals surface area (Å²) in [5, 5.41) is 5.05. The van der Waals surface area contributed by atoms with Gasteiger partial charge in [-0.25, -0.2) is 8.78 Å². The van der Waals surface area contributed by atoms with E-state index < -0.39 is 36.0 Å². The Bertz CT molecular complexity index is 1120. The summed E-state index contributed by atoms with van der Waals surface area (Å²) >= 11 is 0. The highest BCUT2D eigenvalue weighted by atomic mass is 19.1. The van der Waals surface area contributed by atoms with E-state index in [9.17, 15) is 23.2 Å². The molecule has 3 aromatic carbocycles. The van der Waals surface area contributed by atoms with E-state index in [-0.39, 0.29) is 18.5 Å². The molecule has 0 bridgehead atoms. The zero-order valence-electron chi connectivity index (χ0n) is 16.9. The van der Waals surface area contributed by atoms with Gasteiger partial charge >= 0.3 is 5.97 Å². The van der Waals surface area contributed by atoms with Crippen LogP contribution >= 0.6 is 0 Å². The first-order valence-corrected chi connectivity index (χ1v) is 9.77. The van der Waals surface area contributed by atoms with Crippen molar-refractivity contribution in [3.05, 3.63) is 90.0 Å². The van der Waals surface area contributed by atoms with Gasteiger partial charge in [0.1, 0.15) is 11.6 Å². The Morgan fingerprint density at radius 1 is 0.875 bits per heavy atom. The zero-order valence-corrected chi connectivity index (χ0v) is 16.9. The van der Waals surface area contributed by atoms with Crippen molar-refractivity contribution in [2.24, 2.45) is 0 Å². The first-order valence-electron chi connectivity index (χ1n) is 9.77. The van der Waals surface area contributed by atoms with Gasteiger partial charge < -0.3 is 15.4 Å². The molecule has 0 saturated carbocycles. The molecular weight excluding hydrogens is 418 g/mol. The molecule has 2 N–H and O–H groups in total. The van der Waals surface area contributed by atoms with E-state index in [1.165, 1.54) is 0 Å². The van der Waals surface area contributed by atoms with Crippen LogP contribution < -0.4 is 10.6 Å². The van der Waals surface area contributed by atoms with Crippen LogP contribution in [0.5, 0.6) is 0 Å². The van der Waals surface area contributed by atoms with Crippen molar-refractivity contribution in [3.63, 3.8) is 0 Å². The standard InChI is InChI=1S/C24H20F2N2O4/c25-17-10-11-19(20(26)14-17)24(31)27-13-12-23(30)32-15-22(29)28-21-9-5-4-8-18(21)16-6-2-1-3-7-16/h1-11,14H,12-13,15H2,(H,27,31)(H,28,29). The van der Waals surface area contributed by atoms with Gasteiger partial charge in [-0.3, -0.25) is 14.4 Å². The molecule has 0 aliphatic heterocycles. The summed E-state index contributed by atoms with van der Waals surface area (Å²) in [5.41, 5.74) is 1.99. The first kappa shape index (κ1) is 22.6. The fourth-order valence-electron chi connectivity index (χ4n) is 2.91. The van der Waals surface area contributed by atoms with Crippen LogP contribution in [0.3, 0.4) is 0 Å². The van der Waals surface area contributed by atoms with Gasteiger partial charge in [-0.05, 0) is 23.8 Å². The number of benzene rings is 3. The van der Waals surface area contributed by atoms with E-state index in [4.69, 9.17) is 4.74 Å². The number of hydrogen-bond acceptors (Lipinski definition) is 4. The fourth-order valence-corrected chi connectivity index (χ4v) is 2.91. The summed E-state index contributed by atoms with van der Waals surface area (Å²) < 4.78 is 31.4. The average molecular weight is 438 g/mol. The van der Waals surface area contributed by atoms with Gasteiger partial charge in [0.25, 0.3) is 11.8 Å². The molecule has 0 spiro atoms. The monoisotopic (exact) mass is 438 g/mol. The fraction of sp³-hybridized carbons (Fsp3) is 0.125. The number of esters is 1. The minimum atomic E-state index is -1.00. The molecule has 0 heterocycles. The Kier molecular flexibility index (Phi) is 7.64. The van der Waals surface area contributed by atoms with Gasteiger partial charge in [0.05, 0.1) is 12.0 Å². The Morgan fingerprint density at radius 3 is 2.34 bits per heavy atom. The third kappa shape index (κ3) is 6.21. The lowest BCUT2D eigenvalue weighted by atomic mass is 10.0. The maximum Gasteiger partial charge on any atom is 0.308 e. The van der Waals surface area contributed by atoms with Crippen LogP contribution in [0, 0.1) is 11.6 Å². The largest absolute Gasteiger partial charge is 0.456 e. The van der Waals surface area contributed by atoms with Crippen molar-refractivity contribution in [1.82, 2.24) is 5.32 Å². The molecule has 8 heteroatoms.